The summed E-state index contributed by atoms with van der Waals surface area (Å²) >= 11 is 6.07. The van der Waals surface area contributed by atoms with Gasteiger partial charge < -0.3 is 15.4 Å². The number of hydrogen-bond acceptors (Lipinski definition) is 5. The highest BCUT2D eigenvalue weighted by Crippen LogP contribution is 2.15. The highest BCUT2D eigenvalue weighted by atomic mass is 35.5. The van der Waals surface area contributed by atoms with E-state index in [4.69, 9.17) is 16.3 Å². The largest absolute Gasteiger partial charge is 0.383 e. The van der Waals surface area contributed by atoms with Gasteiger partial charge in [0.2, 0.25) is 5.95 Å². The van der Waals surface area contributed by atoms with Gasteiger partial charge in [0.05, 0.1) is 12.2 Å². The van der Waals surface area contributed by atoms with Gasteiger partial charge in [0, 0.05) is 37.6 Å². The molecule has 2 N–H and O–H groups in total. The Morgan fingerprint density at radius 2 is 2.00 bits per heavy atom. The number of hydrogen-bond donors (Lipinski definition) is 2. The average Bonchev–Trinajstić information content (AvgIpc) is 2.55. The number of methoxy groups -OCH3 is 1. The molecule has 1 heterocycles. The van der Waals surface area contributed by atoms with Crippen molar-refractivity contribution >= 4 is 23.5 Å². The van der Waals surface area contributed by atoms with Gasteiger partial charge in [-0.25, -0.2) is 9.97 Å². The van der Waals surface area contributed by atoms with Crippen LogP contribution in [0, 0.1) is 0 Å². The summed E-state index contributed by atoms with van der Waals surface area (Å²) < 4.78 is 4.86. The third kappa shape index (κ3) is 4.68. The van der Waals surface area contributed by atoms with Crippen LogP contribution in [0.5, 0.6) is 0 Å². The predicted octanol–water partition coefficient (Wildman–Crippen LogP) is 2.12. The molecule has 1 aromatic carbocycles. The fourth-order valence-electron chi connectivity index (χ4n) is 1.72. The number of anilines is 1. The van der Waals surface area contributed by atoms with E-state index in [9.17, 15) is 4.79 Å². The second-order valence-corrected chi connectivity index (χ2v) is 4.90. The second-order valence-electron chi connectivity index (χ2n) is 4.49. The SMILES string of the molecule is COCCNC(=O)c1cnc(NCc2ccccc2Cl)nc1. The Labute approximate surface area is 133 Å². The zero-order valence-electron chi connectivity index (χ0n) is 12.2. The highest BCUT2D eigenvalue weighted by Gasteiger charge is 2.06. The molecule has 0 saturated heterocycles. The van der Waals surface area contributed by atoms with Gasteiger partial charge in [-0.2, -0.15) is 0 Å². The molecule has 2 aromatic rings. The summed E-state index contributed by atoms with van der Waals surface area (Å²) in [6.45, 7) is 1.42. The monoisotopic (exact) mass is 320 g/mol. The van der Waals surface area contributed by atoms with Crippen LogP contribution in [0.25, 0.3) is 0 Å². The van der Waals surface area contributed by atoms with E-state index in [2.05, 4.69) is 20.6 Å². The lowest BCUT2D eigenvalue weighted by atomic mass is 10.2. The molecule has 0 aliphatic rings. The molecule has 0 radical (unpaired) electrons. The molecule has 6 nitrogen and oxygen atoms in total. The van der Waals surface area contributed by atoms with Crippen LogP contribution in [-0.2, 0) is 11.3 Å². The van der Waals surface area contributed by atoms with Crippen LogP contribution in [0.4, 0.5) is 5.95 Å². The van der Waals surface area contributed by atoms with E-state index in [1.165, 1.54) is 12.4 Å². The van der Waals surface area contributed by atoms with Crippen LogP contribution < -0.4 is 10.6 Å². The Kier molecular flexibility index (Phi) is 6.12. The number of nitrogens with zero attached hydrogens (tertiary/aromatic N) is 2. The van der Waals surface area contributed by atoms with E-state index >= 15 is 0 Å². The van der Waals surface area contributed by atoms with Crippen molar-refractivity contribution in [3.05, 3.63) is 52.8 Å². The number of carbonyl (C=O) groups is 1. The summed E-state index contributed by atoms with van der Waals surface area (Å²) in [5.41, 5.74) is 1.36. The third-order valence-electron chi connectivity index (χ3n) is 2.90. The van der Waals surface area contributed by atoms with Crippen molar-refractivity contribution in [3.8, 4) is 0 Å². The van der Waals surface area contributed by atoms with Crippen LogP contribution in [0.2, 0.25) is 5.02 Å². The van der Waals surface area contributed by atoms with Crippen LogP contribution >= 0.6 is 11.6 Å². The van der Waals surface area contributed by atoms with Crippen molar-refractivity contribution < 1.29 is 9.53 Å². The summed E-state index contributed by atoms with van der Waals surface area (Å²) in [6.07, 6.45) is 2.95. The van der Waals surface area contributed by atoms with E-state index in [0.29, 0.717) is 36.2 Å². The van der Waals surface area contributed by atoms with Crippen LogP contribution in [0.1, 0.15) is 15.9 Å². The first-order chi connectivity index (χ1) is 10.7. The minimum atomic E-state index is -0.227. The highest BCUT2D eigenvalue weighted by molar-refractivity contribution is 6.31. The minimum absolute atomic E-state index is 0.227. The van der Waals surface area contributed by atoms with Crippen molar-refractivity contribution in [1.29, 1.82) is 0 Å². The molecular formula is C15H17ClN4O2. The van der Waals surface area contributed by atoms with Crippen molar-refractivity contribution in [2.24, 2.45) is 0 Å². The number of aromatic nitrogens is 2. The Bertz CT molecular complexity index is 619. The minimum Gasteiger partial charge on any atom is -0.383 e. The molecule has 0 spiro atoms. The summed E-state index contributed by atoms with van der Waals surface area (Å²) in [5.74, 6) is 0.211. The first kappa shape index (κ1) is 16.2. The number of benzene rings is 1. The lowest BCUT2D eigenvalue weighted by Gasteiger charge is -2.07. The van der Waals surface area contributed by atoms with Crippen molar-refractivity contribution in [1.82, 2.24) is 15.3 Å². The van der Waals surface area contributed by atoms with Crippen LogP contribution in [0.3, 0.4) is 0 Å². The first-order valence-electron chi connectivity index (χ1n) is 6.77. The zero-order chi connectivity index (χ0) is 15.8. The lowest BCUT2D eigenvalue weighted by Crippen LogP contribution is -2.27. The van der Waals surface area contributed by atoms with E-state index in [1.807, 2.05) is 24.3 Å². The first-order valence-corrected chi connectivity index (χ1v) is 7.15. The maximum absolute atomic E-state index is 11.8. The second kappa shape index (κ2) is 8.31. The molecule has 1 amide bonds. The van der Waals surface area contributed by atoms with E-state index in [0.717, 1.165) is 5.56 Å². The summed E-state index contributed by atoms with van der Waals surface area (Å²) in [5, 5.41) is 6.45. The maximum Gasteiger partial charge on any atom is 0.254 e. The average molecular weight is 321 g/mol. The fourth-order valence-corrected chi connectivity index (χ4v) is 1.92. The number of rotatable bonds is 7. The normalized spacial score (nSPS) is 10.3. The van der Waals surface area contributed by atoms with Gasteiger partial charge in [-0.3, -0.25) is 4.79 Å². The van der Waals surface area contributed by atoms with Crippen LogP contribution in [-0.4, -0.2) is 36.1 Å². The maximum atomic E-state index is 11.8. The molecule has 116 valence electrons. The topological polar surface area (TPSA) is 76.1 Å². The fraction of sp³-hybridized carbons (Fsp3) is 0.267. The summed E-state index contributed by atoms with van der Waals surface area (Å²) in [4.78, 5) is 20.0. The van der Waals surface area contributed by atoms with E-state index in [-0.39, 0.29) is 5.91 Å². The van der Waals surface area contributed by atoms with Gasteiger partial charge >= 0.3 is 0 Å². The quantitative estimate of drug-likeness (QED) is 0.764. The van der Waals surface area contributed by atoms with Gasteiger partial charge in [0.1, 0.15) is 0 Å². The molecule has 0 aliphatic heterocycles. The Morgan fingerprint density at radius 3 is 2.68 bits per heavy atom. The van der Waals surface area contributed by atoms with Crippen LogP contribution in [0.15, 0.2) is 36.7 Å². The standard InChI is InChI=1S/C15H17ClN4O2/c1-22-7-6-17-14(21)12-9-19-15(20-10-12)18-8-11-4-2-3-5-13(11)16/h2-5,9-10H,6-8H2,1H3,(H,17,21)(H,18,19,20). The molecular weight excluding hydrogens is 304 g/mol. The molecule has 2 rings (SSSR count). The van der Waals surface area contributed by atoms with Gasteiger partial charge in [-0.15, -0.1) is 0 Å². The Balaban J connectivity index is 1.89. The number of carbonyl (C=O) groups excluding carboxylic acids is 1. The van der Waals surface area contributed by atoms with E-state index < -0.39 is 0 Å². The summed E-state index contributed by atoms with van der Waals surface area (Å²) in [7, 11) is 1.58. The molecule has 7 heteroatoms. The lowest BCUT2D eigenvalue weighted by molar-refractivity contribution is 0.0936. The number of ether oxygens (including phenoxy) is 1. The molecule has 0 aliphatic carbocycles. The number of nitrogens with one attached hydrogen (secondary N) is 2. The predicted molar refractivity (Wildman–Crippen MR) is 85.0 cm³/mol. The number of halogens is 1. The molecule has 22 heavy (non-hydrogen) atoms. The van der Waals surface area contributed by atoms with Gasteiger partial charge in [-0.05, 0) is 11.6 Å². The molecule has 0 bridgehead atoms. The van der Waals surface area contributed by atoms with Crippen molar-refractivity contribution in [2.75, 3.05) is 25.6 Å². The smallest absolute Gasteiger partial charge is 0.254 e. The Morgan fingerprint density at radius 1 is 1.27 bits per heavy atom. The third-order valence-corrected chi connectivity index (χ3v) is 3.27. The van der Waals surface area contributed by atoms with Gasteiger partial charge in [0.15, 0.2) is 0 Å². The van der Waals surface area contributed by atoms with Crippen molar-refractivity contribution in [2.45, 2.75) is 6.54 Å². The van der Waals surface area contributed by atoms with Gasteiger partial charge in [-0.1, -0.05) is 29.8 Å². The zero-order valence-corrected chi connectivity index (χ0v) is 12.9. The Hall–Kier alpha value is -2.18. The molecule has 1 aromatic heterocycles. The molecule has 0 unspecified atom stereocenters. The summed E-state index contributed by atoms with van der Waals surface area (Å²) in [6, 6.07) is 7.54. The van der Waals surface area contributed by atoms with Gasteiger partial charge in [0.25, 0.3) is 5.91 Å². The van der Waals surface area contributed by atoms with E-state index in [1.54, 1.807) is 7.11 Å². The molecule has 0 fully saturated rings. The van der Waals surface area contributed by atoms with Crippen molar-refractivity contribution in [3.63, 3.8) is 0 Å². The molecule has 0 atom stereocenters. The molecule has 0 saturated carbocycles. The number of amides is 1.